The number of phosphoric acid groups is 1. The van der Waals surface area contributed by atoms with Crippen molar-refractivity contribution in [2.45, 2.75) is 187 Å². The summed E-state index contributed by atoms with van der Waals surface area (Å²) in [6.07, 6.45) is 63.0. The number of nitrogens with two attached hydrogens (primary N) is 1. The summed E-state index contributed by atoms with van der Waals surface area (Å²) in [6.45, 7) is 4.62. The minimum atomic E-state index is -4.30. The van der Waals surface area contributed by atoms with Crippen molar-refractivity contribution in [2.24, 2.45) is 5.73 Å². The first kappa shape index (κ1) is 57.4. The molecule has 0 aliphatic carbocycles. The van der Waals surface area contributed by atoms with Gasteiger partial charge in [-0.15, -0.1) is 0 Å². The highest BCUT2D eigenvalue weighted by atomic mass is 31.2. The number of hydrogen-bond acceptors (Lipinski definition) is 7. The highest BCUT2D eigenvalue weighted by molar-refractivity contribution is 7.47. The number of esters is 1. The second-order valence-electron chi connectivity index (χ2n) is 15.2. The number of carbonyl (C=O) groups excluding carboxylic acids is 1. The normalized spacial score (nSPS) is 14.3. The van der Waals surface area contributed by atoms with Gasteiger partial charge in [0.2, 0.25) is 0 Å². The van der Waals surface area contributed by atoms with Crippen LogP contribution in [-0.4, -0.2) is 49.9 Å². The molecule has 3 N–H and O–H groups in total. The fourth-order valence-electron chi connectivity index (χ4n) is 6.10. The van der Waals surface area contributed by atoms with Crippen LogP contribution in [0.1, 0.15) is 181 Å². The van der Waals surface area contributed by atoms with Crippen LogP contribution in [-0.2, 0) is 27.9 Å². The quantitative estimate of drug-likeness (QED) is 0.0269. The lowest BCUT2D eigenvalue weighted by molar-refractivity contribution is -0.154. The predicted molar refractivity (Wildman–Crippen MR) is 256 cm³/mol. The van der Waals surface area contributed by atoms with Crippen LogP contribution < -0.4 is 5.73 Å². The molecule has 60 heavy (non-hydrogen) atoms. The molecule has 344 valence electrons. The maximum atomic E-state index is 12.6. The Morgan fingerprint density at radius 2 is 0.883 bits per heavy atom. The molecule has 0 fully saturated rings. The number of phosphoric ester groups is 1. The average molecular weight is 858 g/mol. The third-order valence-electron chi connectivity index (χ3n) is 9.50. The van der Waals surface area contributed by atoms with Crippen molar-refractivity contribution in [3.8, 4) is 0 Å². The van der Waals surface area contributed by atoms with Crippen LogP contribution in [0.15, 0.2) is 97.2 Å². The zero-order valence-corrected chi connectivity index (χ0v) is 39.1. The monoisotopic (exact) mass is 858 g/mol. The van der Waals surface area contributed by atoms with Gasteiger partial charge in [0.25, 0.3) is 0 Å². The summed E-state index contributed by atoms with van der Waals surface area (Å²) in [5.41, 5.74) is 5.37. The SMILES string of the molecule is CC/C=C\C/C=C\C/C=C\C/C=C\CCCCCCCCCCCCCCCOCC(COP(=O)(O)OCCN)OC(=O)CCCC/C=C\C/C=C\C/C=C\C/C=C\CC. The molecule has 0 aliphatic rings. The van der Waals surface area contributed by atoms with E-state index in [9.17, 15) is 14.3 Å². The van der Waals surface area contributed by atoms with Gasteiger partial charge in [0.1, 0.15) is 6.10 Å². The number of allylic oxidation sites excluding steroid dienone is 16. The van der Waals surface area contributed by atoms with Crippen LogP contribution in [0.3, 0.4) is 0 Å². The molecule has 2 unspecified atom stereocenters. The Balaban J connectivity index is 3.99. The number of unbranched alkanes of at least 4 members (excludes halogenated alkanes) is 15. The Bertz CT molecular complexity index is 1240. The van der Waals surface area contributed by atoms with Gasteiger partial charge in [0, 0.05) is 19.6 Å². The molecule has 0 heterocycles. The lowest BCUT2D eigenvalue weighted by Crippen LogP contribution is -2.28. The Morgan fingerprint density at radius 1 is 0.500 bits per heavy atom. The summed E-state index contributed by atoms with van der Waals surface area (Å²) < 4.78 is 33.5. The van der Waals surface area contributed by atoms with E-state index in [0.717, 1.165) is 77.0 Å². The van der Waals surface area contributed by atoms with Gasteiger partial charge in [0.15, 0.2) is 0 Å². The Kier molecular flexibility index (Phi) is 45.4. The Labute approximate surface area is 368 Å². The molecule has 0 aromatic rings. The molecule has 0 rings (SSSR count). The van der Waals surface area contributed by atoms with E-state index in [1.165, 1.54) is 77.0 Å². The first-order valence-electron chi connectivity index (χ1n) is 23.7. The summed E-state index contributed by atoms with van der Waals surface area (Å²) in [6, 6.07) is 0. The second kappa shape index (κ2) is 47.5. The average Bonchev–Trinajstić information content (AvgIpc) is 3.24. The van der Waals surface area contributed by atoms with Crippen molar-refractivity contribution in [3.63, 3.8) is 0 Å². The number of hydrogen-bond donors (Lipinski definition) is 2. The van der Waals surface area contributed by atoms with Crippen LogP contribution in [0.2, 0.25) is 0 Å². The van der Waals surface area contributed by atoms with E-state index in [2.05, 4.69) is 111 Å². The van der Waals surface area contributed by atoms with E-state index in [1.807, 2.05) is 0 Å². The molecule has 0 aliphatic heterocycles. The maximum Gasteiger partial charge on any atom is 0.472 e. The zero-order valence-electron chi connectivity index (χ0n) is 38.2. The molecule has 8 nitrogen and oxygen atoms in total. The molecule has 0 radical (unpaired) electrons. The minimum absolute atomic E-state index is 0.0886. The van der Waals surface area contributed by atoms with Crippen molar-refractivity contribution in [1.29, 1.82) is 0 Å². The van der Waals surface area contributed by atoms with E-state index in [0.29, 0.717) is 13.0 Å². The van der Waals surface area contributed by atoms with Crippen LogP contribution in [0, 0.1) is 0 Å². The predicted octanol–water partition coefficient (Wildman–Crippen LogP) is 14.6. The topological polar surface area (TPSA) is 117 Å². The zero-order chi connectivity index (χ0) is 43.7. The van der Waals surface area contributed by atoms with Gasteiger partial charge in [0.05, 0.1) is 19.8 Å². The van der Waals surface area contributed by atoms with Crippen LogP contribution in [0.4, 0.5) is 0 Å². The van der Waals surface area contributed by atoms with Crippen LogP contribution >= 0.6 is 7.82 Å². The van der Waals surface area contributed by atoms with Gasteiger partial charge in [-0.05, 0) is 89.9 Å². The maximum absolute atomic E-state index is 12.6. The molecule has 2 atom stereocenters. The molecule has 0 spiro atoms. The highest BCUT2D eigenvalue weighted by Gasteiger charge is 2.25. The van der Waals surface area contributed by atoms with Crippen molar-refractivity contribution < 1.29 is 32.8 Å². The number of ether oxygens (including phenoxy) is 2. The largest absolute Gasteiger partial charge is 0.472 e. The molecule has 0 aromatic carbocycles. The van der Waals surface area contributed by atoms with Crippen molar-refractivity contribution >= 4 is 13.8 Å². The van der Waals surface area contributed by atoms with Gasteiger partial charge in [-0.1, -0.05) is 182 Å². The second-order valence-corrected chi connectivity index (χ2v) is 16.7. The minimum Gasteiger partial charge on any atom is -0.457 e. The third-order valence-corrected chi connectivity index (χ3v) is 10.5. The van der Waals surface area contributed by atoms with Crippen LogP contribution in [0.5, 0.6) is 0 Å². The number of rotatable bonds is 44. The van der Waals surface area contributed by atoms with Gasteiger partial charge in [-0.2, -0.15) is 0 Å². The molecular formula is C51H88NO7P. The van der Waals surface area contributed by atoms with E-state index < -0.39 is 13.9 Å². The smallest absolute Gasteiger partial charge is 0.457 e. The van der Waals surface area contributed by atoms with E-state index in [4.69, 9.17) is 24.3 Å². The standard InChI is InChI=1S/C51H88NO7P/c1-3-5-7-9-11-13-15-17-19-20-21-22-23-24-25-26-27-28-29-31-33-35-37-39-41-43-46-56-48-50(49-58-60(54,55)57-47-45-52)59-51(53)44-42-40-38-36-34-32-30-18-16-14-12-10-8-6-4-2/h5-8,11-14,17-19,21-22,30,34,36,50H,3-4,9-10,15-16,20,23-29,31-33,35,37-49,52H2,1-2H3,(H,54,55)/b7-5-,8-6-,13-11-,14-12-,19-17-,22-21-,30-18-,36-34-. The summed E-state index contributed by atoms with van der Waals surface area (Å²) >= 11 is 0. The molecule has 9 heteroatoms. The lowest BCUT2D eigenvalue weighted by Gasteiger charge is -2.20. The molecule has 0 amide bonds. The third kappa shape index (κ3) is 46.5. The van der Waals surface area contributed by atoms with E-state index in [1.54, 1.807) is 0 Å². The summed E-state index contributed by atoms with van der Waals surface area (Å²) in [7, 11) is -4.30. The fourth-order valence-corrected chi connectivity index (χ4v) is 6.86. The van der Waals surface area contributed by atoms with Gasteiger partial charge < -0.3 is 20.1 Å². The molecular weight excluding hydrogens is 770 g/mol. The van der Waals surface area contributed by atoms with Gasteiger partial charge in [-0.25, -0.2) is 4.57 Å². The van der Waals surface area contributed by atoms with Crippen molar-refractivity contribution in [2.75, 3.05) is 33.0 Å². The summed E-state index contributed by atoms with van der Waals surface area (Å²) in [4.78, 5) is 22.5. The highest BCUT2D eigenvalue weighted by Crippen LogP contribution is 2.43. The molecule has 0 saturated carbocycles. The van der Waals surface area contributed by atoms with E-state index >= 15 is 0 Å². The van der Waals surface area contributed by atoms with Gasteiger partial charge >= 0.3 is 13.8 Å². The van der Waals surface area contributed by atoms with Crippen molar-refractivity contribution in [3.05, 3.63) is 97.2 Å². The first-order valence-corrected chi connectivity index (χ1v) is 25.2. The Hall–Kier alpha value is -2.58. The Morgan fingerprint density at radius 3 is 1.32 bits per heavy atom. The summed E-state index contributed by atoms with van der Waals surface area (Å²) in [5, 5.41) is 0. The van der Waals surface area contributed by atoms with Crippen LogP contribution in [0.25, 0.3) is 0 Å². The lowest BCUT2D eigenvalue weighted by atomic mass is 10.0. The van der Waals surface area contributed by atoms with Gasteiger partial charge in [-0.3, -0.25) is 13.8 Å². The first-order chi connectivity index (χ1) is 29.4. The van der Waals surface area contributed by atoms with Crippen molar-refractivity contribution in [1.82, 2.24) is 0 Å². The number of carbonyl (C=O) groups is 1. The fraction of sp³-hybridized carbons (Fsp3) is 0.667. The molecule has 0 saturated heterocycles. The van der Waals surface area contributed by atoms with E-state index in [-0.39, 0.29) is 38.8 Å². The molecule has 0 aromatic heterocycles. The summed E-state index contributed by atoms with van der Waals surface area (Å²) in [5.74, 6) is -0.374. The molecule has 0 bridgehead atoms.